The van der Waals surface area contributed by atoms with Crippen LogP contribution in [-0.4, -0.2) is 35.3 Å². The van der Waals surface area contributed by atoms with E-state index in [9.17, 15) is 22.8 Å². The summed E-state index contributed by atoms with van der Waals surface area (Å²) in [6.07, 6.45) is 7.83. The summed E-state index contributed by atoms with van der Waals surface area (Å²) in [5.41, 5.74) is 2.27. The molecule has 1 aliphatic heterocycles. The van der Waals surface area contributed by atoms with Gasteiger partial charge in [-0.2, -0.15) is 0 Å². The summed E-state index contributed by atoms with van der Waals surface area (Å²) in [6.45, 7) is 1.85. The van der Waals surface area contributed by atoms with E-state index in [0.29, 0.717) is 23.7 Å². The Morgan fingerprint density at radius 2 is 1.57 bits per heavy atom. The molecule has 0 aromatic heterocycles. The van der Waals surface area contributed by atoms with Crippen LogP contribution in [0.4, 0.5) is 30.2 Å². The van der Waals surface area contributed by atoms with Crippen LogP contribution in [0.2, 0.25) is 0 Å². The first-order chi connectivity index (χ1) is 20.3. The molecule has 6 rings (SSSR count). The van der Waals surface area contributed by atoms with Crippen LogP contribution in [-0.2, 0) is 4.79 Å². The molecule has 2 saturated carbocycles. The highest BCUT2D eigenvalue weighted by atomic mass is 19.2. The fraction of sp³-hybridized carbons (Fsp3) is 0.412. The Morgan fingerprint density at radius 1 is 0.833 bits per heavy atom. The third kappa shape index (κ3) is 5.51. The van der Waals surface area contributed by atoms with E-state index in [1.807, 2.05) is 24.3 Å². The highest BCUT2D eigenvalue weighted by Gasteiger charge is 2.45. The fourth-order valence-corrected chi connectivity index (χ4v) is 7.20. The maximum absolute atomic E-state index is 14.9. The van der Waals surface area contributed by atoms with Crippen LogP contribution >= 0.6 is 0 Å². The van der Waals surface area contributed by atoms with Gasteiger partial charge in [0, 0.05) is 36.1 Å². The standard InChI is InChI=1S/C34H36F3N3O2/c1-21-6-4-10-29(36)32(21)34(42)39-20-23(18-22-7-5-11-31(22)39)33(41)40(27-16-17-28(35)30(37)19-27)26-14-12-25(13-15-26)38-24-8-2-3-9-24/h4,6,10,12-17,19,22-24,31,38H,2-3,5,7-9,11,18,20H2,1H3. The number of amides is 2. The van der Waals surface area contributed by atoms with Crippen molar-refractivity contribution < 1.29 is 22.8 Å². The largest absolute Gasteiger partial charge is 0.382 e. The van der Waals surface area contributed by atoms with Gasteiger partial charge in [0.25, 0.3) is 5.91 Å². The first-order valence-corrected chi connectivity index (χ1v) is 15.0. The number of benzene rings is 3. The van der Waals surface area contributed by atoms with Gasteiger partial charge in [-0.25, -0.2) is 13.2 Å². The molecule has 220 valence electrons. The number of carbonyl (C=O) groups is 2. The zero-order valence-corrected chi connectivity index (χ0v) is 23.8. The van der Waals surface area contributed by atoms with Crippen molar-refractivity contribution in [1.29, 1.82) is 0 Å². The van der Waals surface area contributed by atoms with Gasteiger partial charge in [0.15, 0.2) is 11.6 Å². The topological polar surface area (TPSA) is 52.7 Å². The number of rotatable bonds is 6. The lowest BCUT2D eigenvalue weighted by atomic mass is 9.83. The Bertz CT molecular complexity index is 1450. The molecule has 0 bridgehead atoms. The smallest absolute Gasteiger partial charge is 0.257 e. The highest BCUT2D eigenvalue weighted by Crippen LogP contribution is 2.42. The van der Waals surface area contributed by atoms with Gasteiger partial charge in [0.1, 0.15) is 5.82 Å². The van der Waals surface area contributed by atoms with E-state index in [0.717, 1.165) is 49.9 Å². The van der Waals surface area contributed by atoms with E-state index in [-0.39, 0.29) is 35.7 Å². The normalized spacial score (nSPS) is 22.2. The average molecular weight is 576 g/mol. The predicted octanol–water partition coefficient (Wildman–Crippen LogP) is 7.76. The molecule has 3 aromatic rings. The van der Waals surface area contributed by atoms with Crippen LogP contribution in [0.5, 0.6) is 0 Å². The molecule has 42 heavy (non-hydrogen) atoms. The van der Waals surface area contributed by atoms with Crippen molar-refractivity contribution in [2.24, 2.45) is 11.8 Å². The van der Waals surface area contributed by atoms with Crippen molar-refractivity contribution in [3.05, 3.63) is 89.2 Å². The summed E-state index contributed by atoms with van der Waals surface area (Å²) in [4.78, 5) is 31.3. The second-order valence-electron chi connectivity index (χ2n) is 12.0. The zero-order valence-electron chi connectivity index (χ0n) is 23.8. The second-order valence-corrected chi connectivity index (χ2v) is 12.0. The predicted molar refractivity (Wildman–Crippen MR) is 157 cm³/mol. The highest BCUT2D eigenvalue weighted by molar-refractivity contribution is 6.03. The Morgan fingerprint density at radius 3 is 2.29 bits per heavy atom. The molecule has 2 aliphatic carbocycles. The number of piperidine rings is 1. The molecule has 1 N–H and O–H groups in total. The lowest BCUT2D eigenvalue weighted by molar-refractivity contribution is -0.124. The van der Waals surface area contributed by atoms with Gasteiger partial charge < -0.3 is 10.2 Å². The van der Waals surface area contributed by atoms with Crippen LogP contribution in [0.1, 0.15) is 67.3 Å². The molecule has 3 aromatic carbocycles. The molecule has 3 unspecified atom stereocenters. The first-order valence-electron chi connectivity index (χ1n) is 15.0. The van der Waals surface area contributed by atoms with Crippen molar-refractivity contribution in [2.45, 2.75) is 70.4 Å². The number of carbonyl (C=O) groups excluding carboxylic acids is 2. The third-order valence-corrected chi connectivity index (χ3v) is 9.30. The van der Waals surface area contributed by atoms with Crippen molar-refractivity contribution >= 4 is 28.9 Å². The third-order valence-electron chi connectivity index (χ3n) is 9.30. The van der Waals surface area contributed by atoms with E-state index in [1.165, 1.54) is 29.9 Å². The van der Waals surface area contributed by atoms with Crippen LogP contribution < -0.4 is 10.2 Å². The van der Waals surface area contributed by atoms with Crippen molar-refractivity contribution in [3.8, 4) is 0 Å². The fourth-order valence-electron chi connectivity index (χ4n) is 7.20. The lowest BCUT2D eigenvalue weighted by Gasteiger charge is -2.42. The molecular weight excluding hydrogens is 539 g/mol. The number of nitrogens with one attached hydrogen (secondary N) is 1. The molecule has 3 aliphatic rings. The zero-order chi connectivity index (χ0) is 29.4. The molecule has 1 saturated heterocycles. The Kier molecular flexibility index (Phi) is 7.97. The number of hydrogen-bond acceptors (Lipinski definition) is 3. The van der Waals surface area contributed by atoms with Crippen LogP contribution in [0.25, 0.3) is 0 Å². The summed E-state index contributed by atoms with van der Waals surface area (Å²) >= 11 is 0. The summed E-state index contributed by atoms with van der Waals surface area (Å²) in [5.74, 6) is -3.80. The summed E-state index contributed by atoms with van der Waals surface area (Å²) in [6, 6.07) is 15.8. The quantitative estimate of drug-likeness (QED) is 0.327. The Labute approximate surface area is 244 Å². The van der Waals surface area contributed by atoms with Crippen molar-refractivity contribution in [2.75, 3.05) is 16.8 Å². The molecule has 0 spiro atoms. The second kappa shape index (κ2) is 11.8. The van der Waals surface area contributed by atoms with E-state index in [4.69, 9.17) is 0 Å². The van der Waals surface area contributed by atoms with Crippen LogP contribution in [0.15, 0.2) is 60.7 Å². The number of aryl methyl sites for hydroxylation is 1. The molecule has 3 fully saturated rings. The molecule has 2 amide bonds. The van der Waals surface area contributed by atoms with Crippen LogP contribution in [0, 0.1) is 36.2 Å². The van der Waals surface area contributed by atoms with E-state index in [2.05, 4.69) is 5.32 Å². The molecule has 5 nitrogen and oxygen atoms in total. The number of likely N-dealkylation sites (tertiary alicyclic amines) is 1. The minimum atomic E-state index is -1.05. The van der Waals surface area contributed by atoms with Crippen LogP contribution in [0.3, 0.4) is 0 Å². The molecule has 0 radical (unpaired) electrons. The monoisotopic (exact) mass is 575 g/mol. The molecule has 8 heteroatoms. The van der Waals surface area contributed by atoms with Gasteiger partial charge >= 0.3 is 0 Å². The van der Waals surface area contributed by atoms with Gasteiger partial charge in [-0.3, -0.25) is 14.5 Å². The molecule has 3 atom stereocenters. The minimum Gasteiger partial charge on any atom is -0.382 e. The maximum atomic E-state index is 14.9. The lowest BCUT2D eigenvalue weighted by Crippen LogP contribution is -2.53. The number of halogens is 3. The average Bonchev–Trinajstić information content (AvgIpc) is 3.67. The molecule has 1 heterocycles. The first kappa shape index (κ1) is 28.3. The summed E-state index contributed by atoms with van der Waals surface area (Å²) < 4.78 is 43.2. The minimum absolute atomic E-state index is 0.0408. The molecular formula is C34H36F3N3O2. The maximum Gasteiger partial charge on any atom is 0.257 e. The number of hydrogen-bond donors (Lipinski definition) is 1. The number of anilines is 3. The van der Waals surface area contributed by atoms with Gasteiger partial charge in [-0.15, -0.1) is 0 Å². The van der Waals surface area contributed by atoms with E-state index in [1.54, 1.807) is 24.0 Å². The Hall–Kier alpha value is -3.81. The van der Waals surface area contributed by atoms with Crippen molar-refractivity contribution in [3.63, 3.8) is 0 Å². The number of nitrogens with zero attached hydrogens (tertiary/aromatic N) is 2. The van der Waals surface area contributed by atoms with E-state index < -0.39 is 29.3 Å². The van der Waals surface area contributed by atoms with Crippen molar-refractivity contribution in [1.82, 2.24) is 4.90 Å². The number of fused-ring (bicyclic) bond motifs is 1. The van der Waals surface area contributed by atoms with Gasteiger partial charge in [0.2, 0.25) is 5.91 Å². The summed E-state index contributed by atoms with van der Waals surface area (Å²) in [7, 11) is 0. The van der Waals surface area contributed by atoms with E-state index >= 15 is 0 Å². The van der Waals surface area contributed by atoms with Gasteiger partial charge in [-0.05, 0) is 93.0 Å². The summed E-state index contributed by atoms with van der Waals surface area (Å²) in [5, 5.41) is 3.54. The Balaban J connectivity index is 1.32. The SMILES string of the molecule is Cc1cccc(F)c1C(=O)N1CC(C(=O)N(c2ccc(NC3CCCC3)cc2)c2ccc(F)c(F)c2)CC2CCCC21. The van der Waals surface area contributed by atoms with Gasteiger partial charge in [-0.1, -0.05) is 31.4 Å². The van der Waals surface area contributed by atoms with Gasteiger partial charge in [0.05, 0.1) is 17.2 Å².